The molecule has 1 atom stereocenters. The molecule has 0 saturated carbocycles. The van der Waals surface area contributed by atoms with E-state index in [1.807, 2.05) is 25.3 Å². The fourth-order valence-electron chi connectivity index (χ4n) is 3.50. The predicted molar refractivity (Wildman–Crippen MR) is 94.8 cm³/mol. The highest BCUT2D eigenvalue weighted by Gasteiger charge is 2.28. The number of carbonyl (C=O) groups excluding carboxylic acids is 1. The molecule has 2 aliphatic rings. The SMILES string of the molecule is CC(C(=O)Nc1ccc(-c2ncc3n2CCCC3)cc1)C1CNC1. The van der Waals surface area contributed by atoms with Crippen molar-refractivity contribution in [1.29, 1.82) is 0 Å². The van der Waals surface area contributed by atoms with Crippen LogP contribution in [-0.2, 0) is 17.8 Å². The van der Waals surface area contributed by atoms with Gasteiger partial charge in [0, 0.05) is 35.6 Å². The molecular weight excluding hydrogens is 300 g/mol. The van der Waals surface area contributed by atoms with Gasteiger partial charge in [0.15, 0.2) is 0 Å². The molecule has 3 heterocycles. The van der Waals surface area contributed by atoms with Crippen LogP contribution in [0.5, 0.6) is 0 Å². The van der Waals surface area contributed by atoms with Crippen LogP contribution < -0.4 is 10.6 Å². The summed E-state index contributed by atoms with van der Waals surface area (Å²) < 4.78 is 2.32. The van der Waals surface area contributed by atoms with Gasteiger partial charge in [0.2, 0.25) is 5.91 Å². The van der Waals surface area contributed by atoms with Crippen molar-refractivity contribution in [2.75, 3.05) is 18.4 Å². The van der Waals surface area contributed by atoms with Crippen molar-refractivity contribution in [2.45, 2.75) is 32.7 Å². The van der Waals surface area contributed by atoms with Crippen LogP contribution in [0.3, 0.4) is 0 Å². The Bertz CT molecular complexity index is 730. The Balaban J connectivity index is 1.46. The van der Waals surface area contributed by atoms with Gasteiger partial charge in [-0.1, -0.05) is 6.92 Å². The molecule has 0 aliphatic carbocycles. The van der Waals surface area contributed by atoms with Gasteiger partial charge in [0.25, 0.3) is 0 Å². The summed E-state index contributed by atoms with van der Waals surface area (Å²) in [5.41, 5.74) is 3.29. The molecule has 1 unspecified atom stereocenters. The summed E-state index contributed by atoms with van der Waals surface area (Å²) in [6.45, 7) is 4.94. The number of amides is 1. The van der Waals surface area contributed by atoms with Crippen LogP contribution in [-0.4, -0.2) is 28.5 Å². The number of carbonyl (C=O) groups is 1. The highest BCUT2D eigenvalue weighted by molar-refractivity contribution is 5.92. The second-order valence-electron chi connectivity index (χ2n) is 6.96. The monoisotopic (exact) mass is 324 g/mol. The minimum absolute atomic E-state index is 0.0465. The van der Waals surface area contributed by atoms with E-state index in [0.717, 1.165) is 43.1 Å². The first-order chi connectivity index (χ1) is 11.7. The zero-order valence-electron chi connectivity index (χ0n) is 14.1. The van der Waals surface area contributed by atoms with E-state index in [0.29, 0.717) is 5.92 Å². The van der Waals surface area contributed by atoms with Gasteiger partial charge >= 0.3 is 0 Å². The van der Waals surface area contributed by atoms with Gasteiger partial charge in [0.05, 0.1) is 0 Å². The van der Waals surface area contributed by atoms with Crippen LogP contribution in [0, 0.1) is 11.8 Å². The topological polar surface area (TPSA) is 59.0 Å². The molecule has 1 fully saturated rings. The Labute approximate surface area is 142 Å². The van der Waals surface area contributed by atoms with Gasteiger partial charge in [-0.3, -0.25) is 4.79 Å². The van der Waals surface area contributed by atoms with Crippen LogP contribution in [0.2, 0.25) is 0 Å². The van der Waals surface area contributed by atoms with Crippen molar-refractivity contribution in [1.82, 2.24) is 14.9 Å². The normalized spacial score (nSPS) is 18.5. The number of aromatic nitrogens is 2. The molecule has 1 saturated heterocycles. The van der Waals surface area contributed by atoms with Gasteiger partial charge in [-0.25, -0.2) is 4.98 Å². The van der Waals surface area contributed by atoms with Crippen molar-refractivity contribution >= 4 is 11.6 Å². The van der Waals surface area contributed by atoms with Gasteiger partial charge < -0.3 is 15.2 Å². The van der Waals surface area contributed by atoms with Crippen LogP contribution >= 0.6 is 0 Å². The number of hydrogen-bond acceptors (Lipinski definition) is 3. The third kappa shape index (κ3) is 2.84. The average molecular weight is 324 g/mol. The Hall–Kier alpha value is -2.14. The smallest absolute Gasteiger partial charge is 0.227 e. The summed E-state index contributed by atoms with van der Waals surface area (Å²) in [5.74, 6) is 1.65. The van der Waals surface area contributed by atoms with E-state index in [1.54, 1.807) is 0 Å². The Kier molecular flexibility index (Phi) is 4.10. The lowest BCUT2D eigenvalue weighted by Crippen LogP contribution is -2.48. The van der Waals surface area contributed by atoms with Crippen LogP contribution in [0.1, 0.15) is 25.5 Å². The molecule has 126 valence electrons. The molecule has 0 bridgehead atoms. The molecule has 0 radical (unpaired) electrons. The lowest BCUT2D eigenvalue weighted by Gasteiger charge is -2.31. The fourth-order valence-corrected chi connectivity index (χ4v) is 3.50. The number of nitrogens with one attached hydrogen (secondary N) is 2. The van der Waals surface area contributed by atoms with E-state index in [1.165, 1.54) is 18.5 Å². The highest BCUT2D eigenvalue weighted by atomic mass is 16.1. The Morgan fingerprint density at radius 2 is 2.08 bits per heavy atom. The van der Waals surface area contributed by atoms with Crippen LogP contribution in [0.25, 0.3) is 11.4 Å². The zero-order chi connectivity index (χ0) is 16.5. The Morgan fingerprint density at radius 3 is 2.79 bits per heavy atom. The van der Waals surface area contributed by atoms with Crippen molar-refractivity contribution in [3.8, 4) is 11.4 Å². The molecule has 0 spiro atoms. The summed E-state index contributed by atoms with van der Waals surface area (Å²) in [5, 5.41) is 6.25. The van der Waals surface area contributed by atoms with Crippen LogP contribution in [0.15, 0.2) is 30.5 Å². The lowest BCUT2D eigenvalue weighted by atomic mass is 9.88. The standard InChI is InChI=1S/C19H24N4O/c1-13(15-10-20-11-15)19(24)22-16-7-5-14(6-8-16)18-21-12-17-4-2-3-9-23(17)18/h5-8,12-13,15,20H,2-4,9-11H2,1H3,(H,22,24). The number of rotatable bonds is 4. The van der Waals surface area contributed by atoms with E-state index in [4.69, 9.17) is 0 Å². The van der Waals surface area contributed by atoms with Crippen molar-refractivity contribution < 1.29 is 4.79 Å². The summed E-state index contributed by atoms with van der Waals surface area (Å²) in [4.78, 5) is 16.9. The maximum atomic E-state index is 12.3. The number of fused-ring (bicyclic) bond motifs is 1. The molecule has 5 nitrogen and oxygen atoms in total. The molecule has 1 aromatic heterocycles. The summed E-state index contributed by atoms with van der Waals surface area (Å²) in [7, 11) is 0. The van der Waals surface area contributed by atoms with Gasteiger partial charge in [-0.15, -0.1) is 0 Å². The molecule has 2 aliphatic heterocycles. The number of anilines is 1. The number of benzene rings is 1. The van der Waals surface area contributed by atoms with E-state index in [9.17, 15) is 4.79 Å². The van der Waals surface area contributed by atoms with Crippen LogP contribution in [0.4, 0.5) is 5.69 Å². The molecule has 5 heteroatoms. The predicted octanol–water partition coefficient (Wildman–Crippen LogP) is 2.68. The third-order valence-corrected chi connectivity index (χ3v) is 5.35. The maximum Gasteiger partial charge on any atom is 0.227 e. The van der Waals surface area contributed by atoms with Crippen molar-refractivity contribution in [2.24, 2.45) is 11.8 Å². The number of hydrogen-bond donors (Lipinski definition) is 2. The number of aryl methyl sites for hydroxylation is 1. The van der Waals surface area contributed by atoms with E-state index in [-0.39, 0.29) is 11.8 Å². The number of nitrogens with zero attached hydrogens (tertiary/aromatic N) is 2. The highest BCUT2D eigenvalue weighted by Crippen LogP contribution is 2.26. The summed E-state index contributed by atoms with van der Waals surface area (Å²) in [6, 6.07) is 8.05. The molecule has 2 N–H and O–H groups in total. The molecule has 4 rings (SSSR count). The van der Waals surface area contributed by atoms with E-state index in [2.05, 4.69) is 32.3 Å². The molecule has 1 amide bonds. The first-order valence-corrected chi connectivity index (χ1v) is 8.89. The molecule has 1 aromatic carbocycles. The fraction of sp³-hybridized carbons (Fsp3) is 0.474. The molecular formula is C19H24N4O. The van der Waals surface area contributed by atoms with Gasteiger partial charge in [-0.2, -0.15) is 0 Å². The first kappa shape index (κ1) is 15.4. The first-order valence-electron chi connectivity index (χ1n) is 8.89. The molecule has 24 heavy (non-hydrogen) atoms. The minimum Gasteiger partial charge on any atom is -0.328 e. The summed E-state index contributed by atoms with van der Waals surface area (Å²) in [6.07, 6.45) is 5.59. The second kappa shape index (κ2) is 6.40. The molecule has 2 aromatic rings. The van der Waals surface area contributed by atoms with Crippen molar-refractivity contribution in [3.05, 3.63) is 36.2 Å². The largest absolute Gasteiger partial charge is 0.328 e. The average Bonchev–Trinajstić information content (AvgIpc) is 2.98. The van der Waals surface area contributed by atoms with Gasteiger partial charge in [-0.05, 0) is 62.5 Å². The quantitative estimate of drug-likeness (QED) is 0.909. The third-order valence-electron chi connectivity index (χ3n) is 5.35. The minimum atomic E-state index is 0.0465. The zero-order valence-corrected chi connectivity index (χ0v) is 14.1. The number of imidazole rings is 1. The Morgan fingerprint density at radius 1 is 1.29 bits per heavy atom. The van der Waals surface area contributed by atoms with E-state index >= 15 is 0 Å². The summed E-state index contributed by atoms with van der Waals surface area (Å²) >= 11 is 0. The van der Waals surface area contributed by atoms with E-state index < -0.39 is 0 Å². The lowest BCUT2D eigenvalue weighted by molar-refractivity contribution is -0.121. The maximum absolute atomic E-state index is 12.3. The second-order valence-corrected chi connectivity index (χ2v) is 6.96. The van der Waals surface area contributed by atoms with Crippen molar-refractivity contribution in [3.63, 3.8) is 0 Å². The van der Waals surface area contributed by atoms with Gasteiger partial charge in [0.1, 0.15) is 5.82 Å².